The van der Waals surface area contributed by atoms with Gasteiger partial charge < -0.3 is 14.7 Å². The van der Waals surface area contributed by atoms with Gasteiger partial charge >= 0.3 is 0 Å². The standard InChI is InChI=1S/C23H23N3O2/c1-15(2)14-20(22-24-18-10-6-7-11-19(18)25-22)26-23(27)21-17(12-13-28-21)16-8-4-3-5-9-16/h3-13,15,20H,14H2,1-2H3,(H,24,25)(H,26,27)/t20-/m1/s1. The molecule has 0 fully saturated rings. The van der Waals surface area contributed by atoms with Crippen molar-refractivity contribution in [3.05, 3.63) is 78.5 Å². The monoisotopic (exact) mass is 373 g/mol. The number of aromatic amines is 1. The Hall–Kier alpha value is -3.34. The molecule has 2 N–H and O–H groups in total. The van der Waals surface area contributed by atoms with Crippen molar-refractivity contribution >= 4 is 16.9 Å². The van der Waals surface area contributed by atoms with Gasteiger partial charge in [-0.15, -0.1) is 0 Å². The van der Waals surface area contributed by atoms with Crippen LogP contribution in [0.3, 0.4) is 0 Å². The van der Waals surface area contributed by atoms with E-state index in [2.05, 4.69) is 29.1 Å². The van der Waals surface area contributed by atoms with E-state index in [4.69, 9.17) is 4.42 Å². The maximum atomic E-state index is 13.0. The van der Waals surface area contributed by atoms with Crippen LogP contribution in [0.4, 0.5) is 0 Å². The lowest BCUT2D eigenvalue weighted by Crippen LogP contribution is -2.30. The molecule has 0 aliphatic heterocycles. The van der Waals surface area contributed by atoms with E-state index >= 15 is 0 Å². The molecule has 1 atom stereocenters. The Labute approximate surface area is 163 Å². The van der Waals surface area contributed by atoms with Crippen LogP contribution in [0.1, 0.15) is 42.7 Å². The fraction of sp³-hybridized carbons (Fsp3) is 0.217. The first-order chi connectivity index (χ1) is 13.6. The van der Waals surface area contributed by atoms with Crippen LogP contribution in [0.2, 0.25) is 0 Å². The van der Waals surface area contributed by atoms with Gasteiger partial charge in [-0.25, -0.2) is 4.98 Å². The largest absolute Gasteiger partial charge is 0.459 e. The van der Waals surface area contributed by atoms with Gasteiger partial charge in [-0.05, 0) is 36.1 Å². The van der Waals surface area contributed by atoms with Gasteiger partial charge in [-0.1, -0.05) is 56.3 Å². The minimum atomic E-state index is -0.241. The zero-order chi connectivity index (χ0) is 19.5. The number of nitrogens with one attached hydrogen (secondary N) is 2. The molecule has 5 heteroatoms. The second kappa shape index (κ2) is 7.72. The maximum absolute atomic E-state index is 13.0. The third kappa shape index (κ3) is 3.69. The number of aromatic nitrogens is 2. The lowest BCUT2D eigenvalue weighted by Gasteiger charge is -2.18. The van der Waals surface area contributed by atoms with E-state index in [9.17, 15) is 4.79 Å². The molecule has 0 aliphatic carbocycles. The van der Waals surface area contributed by atoms with Crippen molar-refractivity contribution < 1.29 is 9.21 Å². The molecular formula is C23H23N3O2. The number of carbonyl (C=O) groups excluding carboxylic acids is 1. The van der Waals surface area contributed by atoms with Gasteiger partial charge in [-0.2, -0.15) is 0 Å². The molecule has 0 spiro atoms. The molecule has 28 heavy (non-hydrogen) atoms. The third-order valence-corrected chi connectivity index (χ3v) is 4.71. The number of amides is 1. The highest BCUT2D eigenvalue weighted by atomic mass is 16.3. The van der Waals surface area contributed by atoms with E-state index in [1.54, 1.807) is 6.26 Å². The van der Waals surface area contributed by atoms with Crippen molar-refractivity contribution in [1.29, 1.82) is 0 Å². The Morgan fingerprint density at radius 2 is 1.82 bits per heavy atom. The first kappa shape index (κ1) is 18.0. The number of hydrogen-bond donors (Lipinski definition) is 2. The normalized spacial score (nSPS) is 12.4. The Bertz CT molecular complexity index is 1050. The Kier molecular flexibility index (Phi) is 4.98. The molecule has 0 saturated heterocycles. The lowest BCUT2D eigenvalue weighted by molar-refractivity contribution is 0.0903. The van der Waals surface area contributed by atoms with E-state index in [1.807, 2.05) is 60.7 Å². The molecule has 2 aromatic heterocycles. The SMILES string of the molecule is CC(C)C[C@@H](NC(=O)c1occc1-c1ccccc1)c1nc2ccccc2[nH]1. The number of furan rings is 1. The molecule has 2 heterocycles. The highest BCUT2D eigenvalue weighted by Gasteiger charge is 2.24. The third-order valence-electron chi connectivity index (χ3n) is 4.71. The molecule has 0 radical (unpaired) electrons. The van der Waals surface area contributed by atoms with E-state index < -0.39 is 0 Å². The minimum absolute atomic E-state index is 0.228. The number of benzene rings is 2. The number of imidazole rings is 1. The van der Waals surface area contributed by atoms with Crippen LogP contribution >= 0.6 is 0 Å². The van der Waals surface area contributed by atoms with Crippen molar-refractivity contribution in [3.63, 3.8) is 0 Å². The van der Waals surface area contributed by atoms with Crippen LogP contribution in [-0.2, 0) is 0 Å². The zero-order valence-corrected chi connectivity index (χ0v) is 16.0. The quantitative estimate of drug-likeness (QED) is 0.479. The number of fused-ring (bicyclic) bond motifs is 1. The summed E-state index contributed by atoms with van der Waals surface area (Å²) in [5, 5.41) is 3.11. The number of rotatable bonds is 6. The average Bonchev–Trinajstić information content (AvgIpc) is 3.35. The molecule has 4 rings (SSSR count). The summed E-state index contributed by atoms with van der Waals surface area (Å²) in [5.41, 5.74) is 3.59. The topological polar surface area (TPSA) is 70.9 Å². The molecule has 4 aromatic rings. The highest BCUT2D eigenvalue weighted by Crippen LogP contribution is 2.27. The second-order valence-electron chi connectivity index (χ2n) is 7.32. The van der Waals surface area contributed by atoms with Crippen molar-refractivity contribution in [2.24, 2.45) is 5.92 Å². The summed E-state index contributed by atoms with van der Waals surface area (Å²) in [4.78, 5) is 21.1. The fourth-order valence-electron chi connectivity index (χ4n) is 3.40. The van der Waals surface area contributed by atoms with Crippen LogP contribution in [-0.4, -0.2) is 15.9 Å². The summed E-state index contributed by atoms with van der Waals surface area (Å²) in [7, 11) is 0. The summed E-state index contributed by atoms with van der Waals surface area (Å²) >= 11 is 0. The molecule has 5 nitrogen and oxygen atoms in total. The summed E-state index contributed by atoms with van der Waals surface area (Å²) in [6.07, 6.45) is 2.32. The van der Waals surface area contributed by atoms with E-state index in [1.165, 1.54) is 0 Å². The minimum Gasteiger partial charge on any atom is -0.459 e. The van der Waals surface area contributed by atoms with E-state index in [-0.39, 0.29) is 11.9 Å². The summed E-state index contributed by atoms with van der Waals surface area (Å²) < 4.78 is 5.54. The van der Waals surface area contributed by atoms with E-state index in [0.717, 1.165) is 34.4 Å². The smallest absolute Gasteiger partial charge is 0.288 e. The van der Waals surface area contributed by atoms with Gasteiger partial charge in [0.25, 0.3) is 5.91 Å². The van der Waals surface area contributed by atoms with Crippen LogP contribution in [0.5, 0.6) is 0 Å². The molecule has 0 aliphatic rings. The Morgan fingerprint density at radius 3 is 2.57 bits per heavy atom. The predicted molar refractivity (Wildman–Crippen MR) is 110 cm³/mol. The summed E-state index contributed by atoms with van der Waals surface area (Å²) in [5.74, 6) is 1.23. The highest BCUT2D eigenvalue weighted by molar-refractivity contribution is 5.98. The number of H-pyrrole nitrogens is 1. The fourth-order valence-corrected chi connectivity index (χ4v) is 3.40. The van der Waals surface area contributed by atoms with Crippen LogP contribution in [0.15, 0.2) is 71.3 Å². The lowest BCUT2D eigenvalue weighted by atomic mass is 10.0. The molecule has 0 unspecified atom stereocenters. The molecule has 1 amide bonds. The van der Waals surface area contributed by atoms with Gasteiger partial charge in [0.05, 0.1) is 23.3 Å². The molecule has 0 bridgehead atoms. The van der Waals surface area contributed by atoms with E-state index in [0.29, 0.717) is 11.7 Å². The maximum Gasteiger partial charge on any atom is 0.288 e. The Balaban J connectivity index is 1.63. The first-order valence-electron chi connectivity index (χ1n) is 9.50. The predicted octanol–water partition coefficient (Wildman–Crippen LogP) is 5.34. The number of hydrogen-bond acceptors (Lipinski definition) is 3. The molecule has 2 aromatic carbocycles. The summed E-state index contributed by atoms with van der Waals surface area (Å²) in [6, 6.07) is 19.2. The van der Waals surface area contributed by atoms with Crippen LogP contribution < -0.4 is 5.32 Å². The second-order valence-corrected chi connectivity index (χ2v) is 7.32. The van der Waals surface area contributed by atoms with Crippen molar-refractivity contribution in [1.82, 2.24) is 15.3 Å². The molecule has 142 valence electrons. The molecular weight excluding hydrogens is 350 g/mol. The van der Waals surface area contributed by atoms with Crippen LogP contribution in [0.25, 0.3) is 22.2 Å². The zero-order valence-electron chi connectivity index (χ0n) is 16.0. The van der Waals surface area contributed by atoms with Crippen LogP contribution in [0, 0.1) is 5.92 Å². The van der Waals surface area contributed by atoms with Gasteiger partial charge in [0, 0.05) is 5.56 Å². The summed E-state index contributed by atoms with van der Waals surface area (Å²) in [6.45, 7) is 4.26. The van der Waals surface area contributed by atoms with Crippen molar-refractivity contribution in [2.75, 3.05) is 0 Å². The van der Waals surface area contributed by atoms with Gasteiger partial charge in [0.15, 0.2) is 5.76 Å². The number of nitrogens with zero attached hydrogens (tertiary/aromatic N) is 1. The van der Waals surface area contributed by atoms with Crippen molar-refractivity contribution in [3.8, 4) is 11.1 Å². The Morgan fingerprint density at radius 1 is 1.07 bits per heavy atom. The molecule has 0 saturated carbocycles. The van der Waals surface area contributed by atoms with Crippen molar-refractivity contribution in [2.45, 2.75) is 26.3 Å². The van der Waals surface area contributed by atoms with Gasteiger partial charge in [0.1, 0.15) is 5.82 Å². The first-order valence-corrected chi connectivity index (χ1v) is 9.50. The number of para-hydroxylation sites is 2. The average molecular weight is 373 g/mol. The number of carbonyl (C=O) groups is 1. The van der Waals surface area contributed by atoms with Gasteiger partial charge in [-0.3, -0.25) is 4.79 Å². The van der Waals surface area contributed by atoms with Gasteiger partial charge in [0.2, 0.25) is 0 Å².